The lowest BCUT2D eigenvalue weighted by atomic mass is 9.88. The van der Waals surface area contributed by atoms with Crippen molar-refractivity contribution >= 4 is 43.9 Å². The summed E-state index contributed by atoms with van der Waals surface area (Å²) >= 11 is 6.04. The summed E-state index contributed by atoms with van der Waals surface area (Å²) in [6.07, 6.45) is 2.16. The molecule has 0 radical (unpaired) electrons. The fourth-order valence-electron chi connectivity index (χ4n) is 3.81. The van der Waals surface area contributed by atoms with Gasteiger partial charge in [0.1, 0.15) is 0 Å². The number of fused-ring (bicyclic) bond motifs is 3. The third-order valence-electron chi connectivity index (χ3n) is 5.13. The molecule has 0 fully saturated rings. The molecule has 0 aliphatic heterocycles. The molecule has 0 saturated heterocycles. The van der Waals surface area contributed by atoms with Gasteiger partial charge in [-0.2, -0.15) is 0 Å². The smallest absolute Gasteiger partial charge is 0.0229 e. The minimum absolute atomic E-state index is 0.532. The zero-order valence-corrected chi connectivity index (χ0v) is 14.7. The van der Waals surface area contributed by atoms with E-state index in [1.807, 2.05) is 0 Å². The molecule has 0 heterocycles. The fourth-order valence-corrected chi connectivity index (χ4v) is 4.07. The van der Waals surface area contributed by atoms with Crippen molar-refractivity contribution in [3.05, 3.63) is 72.3 Å². The Bertz CT molecular complexity index is 1020. The van der Waals surface area contributed by atoms with Crippen molar-refractivity contribution in [3.63, 3.8) is 0 Å². The van der Waals surface area contributed by atoms with Gasteiger partial charge in [0.05, 0.1) is 0 Å². The summed E-state index contributed by atoms with van der Waals surface area (Å²) in [5, 5.41) is 7.92. The van der Waals surface area contributed by atoms with Crippen LogP contribution in [0.15, 0.2) is 66.7 Å². The first kappa shape index (κ1) is 15.5. The molecule has 0 N–H and O–H groups in total. The molecular formula is C23H21Cl. The predicted octanol–water partition coefficient (Wildman–Crippen LogP) is 7.27. The summed E-state index contributed by atoms with van der Waals surface area (Å²) in [5.74, 6) is 1.25. The average Bonchev–Trinajstić information content (AvgIpc) is 2.62. The van der Waals surface area contributed by atoms with Gasteiger partial charge in [0, 0.05) is 5.88 Å². The van der Waals surface area contributed by atoms with Gasteiger partial charge < -0.3 is 0 Å². The van der Waals surface area contributed by atoms with E-state index < -0.39 is 0 Å². The van der Waals surface area contributed by atoms with Crippen LogP contribution in [0.5, 0.6) is 0 Å². The lowest BCUT2D eigenvalue weighted by Gasteiger charge is -2.17. The Balaban J connectivity index is 1.99. The fraction of sp³-hybridized carbons (Fsp3) is 0.217. The van der Waals surface area contributed by atoms with Gasteiger partial charge in [-0.3, -0.25) is 0 Å². The molecule has 1 atom stereocenters. The van der Waals surface area contributed by atoms with E-state index in [9.17, 15) is 0 Å². The van der Waals surface area contributed by atoms with Crippen LogP contribution in [0, 0.1) is 0 Å². The average molecular weight is 333 g/mol. The van der Waals surface area contributed by atoms with Crippen molar-refractivity contribution in [2.75, 3.05) is 5.88 Å². The van der Waals surface area contributed by atoms with Gasteiger partial charge in [-0.15, -0.1) is 11.6 Å². The highest BCUT2D eigenvalue weighted by Crippen LogP contribution is 2.34. The Morgan fingerprint density at radius 2 is 1.38 bits per heavy atom. The Hall–Kier alpha value is -2.05. The van der Waals surface area contributed by atoms with Gasteiger partial charge in [0.25, 0.3) is 0 Å². The summed E-state index contributed by atoms with van der Waals surface area (Å²) < 4.78 is 0. The summed E-state index contributed by atoms with van der Waals surface area (Å²) in [6, 6.07) is 24.6. The largest absolute Gasteiger partial charge is 0.127 e. The van der Waals surface area contributed by atoms with Crippen molar-refractivity contribution in [2.24, 2.45) is 0 Å². The topological polar surface area (TPSA) is 0 Å². The van der Waals surface area contributed by atoms with Crippen LogP contribution in [0.3, 0.4) is 0 Å². The molecule has 4 rings (SSSR count). The number of hydrogen-bond donors (Lipinski definition) is 0. The van der Waals surface area contributed by atoms with Crippen LogP contribution < -0.4 is 0 Å². The first-order valence-electron chi connectivity index (χ1n) is 8.71. The second-order valence-corrected chi connectivity index (χ2v) is 6.93. The Morgan fingerprint density at radius 1 is 0.750 bits per heavy atom. The molecule has 0 nitrogen and oxygen atoms in total. The van der Waals surface area contributed by atoms with E-state index in [1.165, 1.54) is 37.9 Å². The van der Waals surface area contributed by atoms with E-state index >= 15 is 0 Å². The Labute approximate surface area is 148 Å². The molecule has 0 saturated carbocycles. The molecular weight excluding hydrogens is 312 g/mol. The van der Waals surface area contributed by atoms with Crippen LogP contribution in [-0.2, 0) is 0 Å². The number of rotatable bonds is 4. The highest BCUT2D eigenvalue weighted by Gasteiger charge is 2.13. The van der Waals surface area contributed by atoms with Gasteiger partial charge in [-0.1, -0.05) is 49.4 Å². The van der Waals surface area contributed by atoms with E-state index in [0.717, 1.165) is 12.8 Å². The van der Waals surface area contributed by atoms with Gasteiger partial charge in [-0.05, 0) is 80.9 Å². The second kappa shape index (κ2) is 6.45. The number of alkyl halides is 1. The van der Waals surface area contributed by atoms with Crippen LogP contribution in [-0.4, -0.2) is 5.88 Å². The number of halogens is 1. The standard InChI is InChI=1S/C23H21Cl/c1-2-16(10-11-24)22-9-5-8-19-14-20-12-17-6-3-4-7-18(17)13-21(20)15-23(19)22/h3-9,12-16H,2,10-11H2,1H3. The van der Waals surface area contributed by atoms with Crippen molar-refractivity contribution in [1.82, 2.24) is 0 Å². The maximum atomic E-state index is 6.04. The monoisotopic (exact) mass is 332 g/mol. The highest BCUT2D eigenvalue weighted by atomic mass is 35.5. The minimum Gasteiger partial charge on any atom is -0.127 e. The summed E-state index contributed by atoms with van der Waals surface area (Å²) in [6.45, 7) is 2.25. The van der Waals surface area contributed by atoms with Crippen LogP contribution in [0.25, 0.3) is 32.3 Å². The number of hydrogen-bond acceptors (Lipinski definition) is 0. The minimum atomic E-state index is 0.532. The van der Waals surface area contributed by atoms with Gasteiger partial charge >= 0.3 is 0 Å². The van der Waals surface area contributed by atoms with Crippen molar-refractivity contribution in [2.45, 2.75) is 25.7 Å². The second-order valence-electron chi connectivity index (χ2n) is 6.55. The molecule has 1 unspecified atom stereocenters. The van der Waals surface area contributed by atoms with Gasteiger partial charge in [0.15, 0.2) is 0 Å². The van der Waals surface area contributed by atoms with E-state index in [2.05, 4.69) is 73.7 Å². The maximum absolute atomic E-state index is 6.04. The lowest BCUT2D eigenvalue weighted by Crippen LogP contribution is -1.99. The quantitative estimate of drug-likeness (QED) is 0.272. The van der Waals surface area contributed by atoms with E-state index in [1.54, 1.807) is 0 Å². The van der Waals surface area contributed by atoms with Crippen LogP contribution >= 0.6 is 11.6 Å². The Kier molecular flexibility index (Phi) is 4.16. The summed E-state index contributed by atoms with van der Waals surface area (Å²) in [4.78, 5) is 0. The molecule has 0 aliphatic carbocycles. The molecule has 4 aromatic rings. The SMILES string of the molecule is CCC(CCCl)c1cccc2cc3cc4ccccc4cc3cc12. The van der Waals surface area contributed by atoms with E-state index in [0.29, 0.717) is 11.8 Å². The van der Waals surface area contributed by atoms with Crippen molar-refractivity contribution < 1.29 is 0 Å². The first-order valence-corrected chi connectivity index (χ1v) is 9.24. The van der Waals surface area contributed by atoms with E-state index in [4.69, 9.17) is 11.6 Å². The molecule has 4 aromatic carbocycles. The Morgan fingerprint density at radius 3 is 2.04 bits per heavy atom. The molecule has 0 amide bonds. The van der Waals surface area contributed by atoms with Gasteiger partial charge in [0.2, 0.25) is 0 Å². The molecule has 0 spiro atoms. The van der Waals surface area contributed by atoms with Crippen molar-refractivity contribution in [3.8, 4) is 0 Å². The molecule has 0 aromatic heterocycles. The normalized spacial score (nSPS) is 12.9. The van der Waals surface area contributed by atoms with Crippen molar-refractivity contribution in [1.29, 1.82) is 0 Å². The molecule has 1 heteroatoms. The predicted molar refractivity (Wildman–Crippen MR) is 107 cm³/mol. The van der Waals surface area contributed by atoms with Gasteiger partial charge in [-0.25, -0.2) is 0 Å². The lowest BCUT2D eigenvalue weighted by molar-refractivity contribution is 0.650. The van der Waals surface area contributed by atoms with Crippen LogP contribution in [0.2, 0.25) is 0 Å². The zero-order valence-electron chi connectivity index (χ0n) is 13.9. The van der Waals surface area contributed by atoms with E-state index in [-0.39, 0.29) is 0 Å². The molecule has 24 heavy (non-hydrogen) atoms. The molecule has 0 aliphatic rings. The molecule has 120 valence electrons. The maximum Gasteiger partial charge on any atom is 0.0229 e. The third-order valence-corrected chi connectivity index (χ3v) is 5.34. The number of benzene rings is 4. The van der Waals surface area contributed by atoms with Crippen LogP contribution in [0.4, 0.5) is 0 Å². The zero-order chi connectivity index (χ0) is 16.5. The highest BCUT2D eigenvalue weighted by molar-refractivity contribution is 6.17. The molecule has 0 bridgehead atoms. The summed E-state index contributed by atoms with van der Waals surface area (Å²) in [5.41, 5.74) is 1.44. The first-order chi connectivity index (χ1) is 11.8. The summed E-state index contributed by atoms with van der Waals surface area (Å²) in [7, 11) is 0. The third kappa shape index (κ3) is 2.65. The van der Waals surface area contributed by atoms with Crippen LogP contribution in [0.1, 0.15) is 31.2 Å².